The van der Waals surface area contributed by atoms with Crippen LogP contribution in [0.25, 0.3) is 0 Å². The molecule has 0 spiro atoms. The molecule has 1 saturated heterocycles. The van der Waals surface area contributed by atoms with Crippen LogP contribution in [0, 0.1) is 6.92 Å². The summed E-state index contributed by atoms with van der Waals surface area (Å²) in [5.41, 5.74) is 1.57. The number of carbonyl (C=O) groups is 1. The monoisotopic (exact) mass is 412 g/mol. The number of piperazine rings is 1. The highest BCUT2D eigenvalue weighted by atomic mass is 16.5. The Labute approximate surface area is 179 Å². The molecule has 30 heavy (non-hydrogen) atoms. The second-order valence-corrected chi connectivity index (χ2v) is 7.70. The Morgan fingerprint density at radius 2 is 1.83 bits per heavy atom. The van der Waals surface area contributed by atoms with E-state index in [0.717, 1.165) is 30.4 Å². The van der Waals surface area contributed by atoms with Crippen molar-refractivity contribution in [2.75, 3.05) is 50.9 Å². The molecule has 1 aromatic carbocycles. The number of rotatable bonds is 8. The summed E-state index contributed by atoms with van der Waals surface area (Å²) in [6.07, 6.45) is 0. The number of amides is 1. The second kappa shape index (κ2) is 10.4. The average molecular weight is 413 g/mol. The van der Waals surface area contributed by atoms with E-state index < -0.39 is 0 Å². The van der Waals surface area contributed by atoms with Gasteiger partial charge in [-0.05, 0) is 26.0 Å². The molecule has 0 radical (unpaired) electrons. The van der Waals surface area contributed by atoms with Gasteiger partial charge in [-0.2, -0.15) is 0 Å². The SMILES string of the molecule is CCOCCOc1ccccc1C(=O)N1CCN(c2cc(C)nc(C(C)C)n2)CC1. The molecule has 162 valence electrons. The van der Waals surface area contributed by atoms with E-state index in [4.69, 9.17) is 14.5 Å². The van der Waals surface area contributed by atoms with E-state index in [-0.39, 0.29) is 11.8 Å². The zero-order valence-electron chi connectivity index (χ0n) is 18.4. The third kappa shape index (κ3) is 5.48. The van der Waals surface area contributed by atoms with Gasteiger partial charge in [0.2, 0.25) is 0 Å². The van der Waals surface area contributed by atoms with Crippen molar-refractivity contribution in [1.29, 1.82) is 0 Å². The van der Waals surface area contributed by atoms with Gasteiger partial charge in [0.25, 0.3) is 5.91 Å². The van der Waals surface area contributed by atoms with Crippen molar-refractivity contribution < 1.29 is 14.3 Å². The second-order valence-electron chi connectivity index (χ2n) is 7.70. The van der Waals surface area contributed by atoms with Crippen molar-refractivity contribution >= 4 is 11.7 Å². The number of aromatic nitrogens is 2. The van der Waals surface area contributed by atoms with Crippen LogP contribution < -0.4 is 9.64 Å². The van der Waals surface area contributed by atoms with Crippen molar-refractivity contribution in [2.24, 2.45) is 0 Å². The summed E-state index contributed by atoms with van der Waals surface area (Å²) in [7, 11) is 0. The lowest BCUT2D eigenvalue weighted by atomic mass is 10.1. The molecule has 7 nitrogen and oxygen atoms in total. The first kappa shape index (κ1) is 22.0. The van der Waals surface area contributed by atoms with Gasteiger partial charge in [-0.3, -0.25) is 4.79 Å². The van der Waals surface area contributed by atoms with E-state index in [1.807, 2.05) is 49.1 Å². The smallest absolute Gasteiger partial charge is 0.257 e. The fraction of sp³-hybridized carbons (Fsp3) is 0.522. The highest BCUT2D eigenvalue weighted by molar-refractivity contribution is 5.97. The molecule has 3 rings (SSSR count). The van der Waals surface area contributed by atoms with Gasteiger partial charge in [0.15, 0.2) is 0 Å². The molecule has 0 bridgehead atoms. The van der Waals surface area contributed by atoms with Gasteiger partial charge in [0.1, 0.15) is 24.0 Å². The maximum Gasteiger partial charge on any atom is 0.257 e. The van der Waals surface area contributed by atoms with Crippen LogP contribution in [0.2, 0.25) is 0 Å². The third-order valence-corrected chi connectivity index (χ3v) is 5.07. The molecular formula is C23H32N4O3. The maximum absolute atomic E-state index is 13.1. The number of anilines is 1. The van der Waals surface area contributed by atoms with Gasteiger partial charge in [-0.25, -0.2) is 9.97 Å². The van der Waals surface area contributed by atoms with Crippen LogP contribution in [0.5, 0.6) is 5.75 Å². The first-order chi connectivity index (χ1) is 14.5. The number of carbonyl (C=O) groups excluding carboxylic acids is 1. The number of hydrogen-bond acceptors (Lipinski definition) is 6. The minimum atomic E-state index is 0.00315. The molecule has 2 heterocycles. The van der Waals surface area contributed by atoms with Crippen molar-refractivity contribution in [3.63, 3.8) is 0 Å². The summed E-state index contributed by atoms with van der Waals surface area (Å²) in [6, 6.07) is 9.44. The molecule has 1 aromatic heterocycles. The zero-order chi connectivity index (χ0) is 21.5. The van der Waals surface area contributed by atoms with Gasteiger partial charge in [0.05, 0.1) is 12.2 Å². The Balaban J connectivity index is 1.64. The lowest BCUT2D eigenvalue weighted by Crippen LogP contribution is -2.49. The number of para-hydroxylation sites is 1. The van der Waals surface area contributed by atoms with E-state index in [9.17, 15) is 4.79 Å². The van der Waals surface area contributed by atoms with Gasteiger partial charge in [0, 0.05) is 50.5 Å². The van der Waals surface area contributed by atoms with Crippen molar-refractivity contribution in [1.82, 2.24) is 14.9 Å². The quantitative estimate of drug-likeness (QED) is 0.620. The lowest BCUT2D eigenvalue weighted by Gasteiger charge is -2.36. The number of ether oxygens (including phenoxy) is 2. The maximum atomic E-state index is 13.1. The van der Waals surface area contributed by atoms with Gasteiger partial charge >= 0.3 is 0 Å². The molecule has 0 aliphatic carbocycles. The van der Waals surface area contributed by atoms with E-state index in [1.165, 1.54) is 0 Å². The Hall–Kier alpha value is -2.67. The largest absolute Gasteiger partial charge is 0.490 e. The zero-order valence-corrected chi connectivity index (χ0v) is 18.4. The molecular weight excluding hydrogens is 380 g/mol. The summed E-state index contributed by atoms with van der Waals surface area (Å²) in [4.78, 5) is 26.5. The van der Waals surface area contributed by atoms with Gasteiger partial charge in [-0.15, -0.1) is 0 Å². The predicted molar refractivity (Wildman–Crippen MR) is 117 cm³/mol. The van der Waals surface area contributed by atoms with Crippen molar-refractivity contribution in [3.8, 4) is 5.75 Å². The van der Waals surface area contributed by atoms with Crippen LogP contribution in [0.4, 0.5) is 5.82 Å². The summed E-state index contributed by atoms with van der Waals surface area (Å²) < 4.78 is 11.1. The Morgan fingerprint density at radius 3 is 2.53 bits per heavy atom. The van der Waals surface area contributed by atoms with Crippen LogP contribution in [-0.4, -0.2) is 66.8 Å². The Kier molecular flexibility index (Phi) is 7.63. The van der Waals surface area contributed by atoms with Gasteiger partial charge in [-0.1, -0.05) is 26.0 Å². The summed E-state index contributed by atoms with van der Waals surface area (Å²) in [5.74, 6) is 2.70. The standard InChI is InChI=1S/C23H32N4O3/c1-5-29-14-15-30-20-9-7-6-8-19(20)23(28)27-12-10-26(11-13-27)21-16-18(4)24-22(25-21)17(2)3/h6-9,16-17H,5,10-15H2,1-4H3. The van der Waals surface area contributed by atoms with E-state index in [1.54, 1.807) is 0 Å². The normalized spacial score (nSPS) is 14.3. The van der Waals surface area contributed by atoms with Crippen molar-refractivity contribution in [2.45, 2.75) is 33.6 Å². The Bertz CT molecular complexity index is 848. The molecule has 1 aliphatic heterocycles. The Morgan fingerprint density at radius 1 is 1.10 bits per heavy atom. The summed E-state index contributed by atoms with van der Waals surface area (Å²) in [6.45, 7) is 12.5. The number of benzene rings is 1. The van der Waals surface area contributed by atoms with Crippen LogP contribution in [0.15, 0.2) is 30.3 Å². The van der Waals surface area contributed by atoms with E-state index in [2.05, 4.69) is 23.7 Å². The molecule has 0 N–H and O–H groups in total. The molecule has 7 heteroatoms. The topological polar surface area (TPSA) is 67.8 Å². The highest BCUT2D eigenvalue weighted by Gasteiger charge is 2.25. The summed E-state index contributed by atoms with van der Waals surface area (Å²) >= 11 is 0. The molecule has 1 amide bonds. The molecule has 1 fully saturated rings. The van der Waals surface area contributed by atoms with Crippen molar-refractivity contribution in [3.05, 3.63) is 47.4 Å². The van der Waals surface area contributed by atoms with Gasteiger partial charge < -0.3 is 19.3 Å². The minimum Gasteiger partial charge on any atom is -0.490 e. The van der Waals surface area contributed by atoms with Crippen LogP contribution >= 0.6 is 0 Å². The molecule has 0 atom stereocenters. The summed E-state index contributed by atoms with van der Waals surface area (Å²) in [5, 5.41) is 0. The van der Waals surface area contributed by atoms with Crippen LogP contribution in [0.1, 0.15) is 48.6 Å². The number of nitrogens with zero attached hydrogens (tertiary/aromatic N) is 4. The molecule has 0 unspecified atom stereocenters. The highest BCUT2D eigenvalue weighted by Crippen LogP contribution is 2.23. The fourth-order valence-corrected chi connectivity index (χ4v) is 3.43. The molecule has 1 aliphatic rings. The van der Waals surface area contributed by atoms with Crippen LogP contribution in [-0.2, 0) is 4.74 Å². The van der Waals surface area contributed by atoms with Crippen LogP contribution in [0.3, 0.4) is 0 Å². The molecule has 2 aromatic rings. The fourth-order valence-electron chi connectivity index (χ4n) is 3.43. The average Bonchev–Trinajstić information content (AvgIpc) is 2.76. The van der Waals surface area contributed by atoms with E-state index in [0.29, 0.717) is 44.2 Å². The molecule has 0 saturated carbocycles. The first-order valence-corrected chi connectivity index (χ1v) is 10.7. The lowest BCUT2D eigenvalue weighted by molar-refractivity contribution is 0.0736. The first-order valence-electron chi connectivity index (χ1n) is 10.7. The number of aryl methyl sites for hydroxylation is 1. The minimum absolute atomic E-state index is 0.00315. The number of hydrogen-bond donors (Lipinski definition) is 0. The predicted octanol–water partition coefficient (Wildman–Crippen LogP) is 3.29. The van der Waals surface area contributed by atoms with E-state index >= 15 is 0 Å². The third-order valence-electron chi connectivity index (χ3n) is 5.07.